The Labute approximate surface area is 223 Å². The van der Waals surface area contributed by atoms with Crippen LogP contribution in [-0.2, 0) is 11.4 Å². The van der Waals surface area contributed by atoms with Gasteiger partial charge in [-0.15, -0.1) is 13.2 Å². The average molecular weight is 539 g/mol. The second kappa shape index (κ2) is 11.8. The number of ether oxygens (including phenoxy) is 4. The van der Waals surface area contributed by atoms with E-state index in [9.17, 15) is 18.0 Å². The Morgan fingerprint density at radius 1 is 0.744 bits per heavy atom. The van der Waals surface area contributed by atoms with Crippen molar-refractivity contribution in [1.82, 2.24) is 0 Å². The molecule has 0 aliphatic carbocycles. The summed E-state index contributed by atoms with van der Waals surface area (Å²) in [4.78, 5) is 10.8. The zero-order chi connectivity index (χ0) is 28.0. The van der Waals surface area contributed by atoms with Gasteiger partial charge in [-0.05, 0) is 101 Å². The molecular weight excluding hydrogens is 513 g/mol. The molecule has 0 aliphatic rings. The van der Waals surface area contributed by atoms with Gasteiger partial charge < -0.3 is 24.1 Å². The fraction of sp³-hybridized carbons (Fsp3) is 0.167. The van der Waals surface area contributed by atoms with E-state index in [0.29, 0.717) is 22.8 Å². The molecule has 4 aromatic rings. The Morgan fingerprint density at radius 2 is 1.31 bits per heavy atom. The lowest BCUT2D eigenvalue weighted by atomic mass is 9.96. The number of aliphatic carboxylic acids is 1. The molecule has 6 nitrogen and oxygen atoms in total. The average Bonchev–Trinajstić information content (AvgIpc) is 2.90. The van der Waals surface area contributed by atoms with Crippen molar-refractivity contribution in [2.24, 2.45) is 0 Å². The summed E-state index contributed by atoms with van der Waals surface area (Å²) >= 11 is 0. The van der Waals surface area contributed by atoms with E-state index in [1.54, 1.807) is 44.4 Å². The number of aryl methyl sites for hydroxylation is 1. The van der Waals surface area contributed by atoms with Crippen molar-refractivity contribution in [1.29, 1.82) is 0 Å². The lowest BCUT2D eigenvalue weighted by Gasteiger charge is -2.14. The molecule has 0 bridgehead atoms. The fourth-order valence-corrected chi connectivity index (χ4v) is 3.92. The minimum atomic E-state index is -4.76. The van der Waals surface area contributed by atoms with Crippen LogP contribution < -0.4 is 18.9 Å². The number of halogens is 3. The third-order valence-corrected chi connectivity index (χ3v) is 5.74. The summed E-state index contributed by atoms with van der Waals surface area (Å²) in [5.41, 5.74) is 4.86. The summed E-state index contributed by atoms with van der Waals surface area (Å²) in [5.74, 6) is 0.369. The van der Waals surface area contributed by atoms with Crippen LogP contribution in [0.25, 0.3) is 22.3 Å². The van der Waals surface area contributed by atoms with Crippen LogP contribution in [0, 0.1) is 6.92 Å². The number of alkyl halides is 3. The van der Waals surface area contributed by atoms with E-state index in [1.165, 1.54) is 12.1 Å². The highest BCUT2D eigenvalue weighted by Gasteiger charge is 2.31. The van der Waals surface area contributed by atoms with Crippen molar-refractivity contribution in [3.63, 3.8) is 0 Å². The van der Waals surface area contributed by atoms with Crippen LogP contribution in [0.2, 0.25) is 0 Å². The molecule has 0 atom stereocenters. The standard InChI is InChI=1S/C30H25F3O6/c1-19-13-27(11-12-28(19)38-18-29(34)35)37-17-20-14-23(21-3-7-25(36-2)8-4-21)16-24(15-20)22-5-9-26(10-6-22)39-30(31,32)33/h3-16H,17-18H2,1-2H3,(H,34,35). The maximum Gasteiger partial charge on any atom is 0.573 e. The quantitative estimate of drug-likeness (QED) is 0.229. The highest BCUT2D eigenvalue weighted by molar-refractivity contribution is 5.75. The molecule has 0 unspecified atom stereocenters. The minimum Gasteiger partial charge on any atom is -0.497 e. The number of methoxy groups -OCH3 is 1. The van der Waals surface area contributed by atoms with Crippen molar-refractivity contribution in [2.45, 2.75) is 19.9 Å². The van der Waals surface area contributed by atoms with Crippen LogP contribution >= 0.6 is 0 Å². The maximum atomic E-state index is 12.6. The molecule has 0 saturated heterocycles. The van der Waals surface area contributed by atoms with Gasteiger partial charge in [0, 0.05) is 0 Å². The summed E-state index contributed by atoms with van der Waals surface area (Å²) < 4.78 is 58.3. The van der Waals surface area contributed by atoms with Gasteiger partial charge in [0.25, 0.3) is 0 Å². The number of carboxylic acids is 1. The third-order valence-electron chi connectivity index (χ3n) is 5.74. The zero-order valence-corrected chi connectivity index (χ0v) is 21.1. The molecule has 0 aliphatic heterocycles. The zero-order valence-electron chi connectivity index (χ0n) is 21.1. The van der Waals surface area contributed by atoms with Gasteiger partial charge in [-0.25, -0.2) is 4.79 Å². The van der Waals surface area contributed by atoms with E-state index >= 15 is 0 Å². The van der Waals surface area contributed by atoms with Gasteiger partial charge in [0.2, 0.25) is 0 Å². The molecule has 202 valence electrons. The first kappa shape index (κ1) is 27.4. The molecule has 0 aromatic heterocycles. The van der Waals surface area contributed by atoms with Gasteiger partial charge in [-0.1, -0.05) is 24.3 Å². The Balaban J connectivity index is 1.61. The Kier molecular flexibility index (Phi) is 8.29. The van der Waals surface area contributed by atoms with Crippen molar-refractivity contribution in [2.75, 3.05) is 13.7 Å². The topological polar surface area (TPSA) is 74.2 Å². The molecule has 0 radical (unpaired) electrons. The van der Waals surface area contributed by atoms with Gasteiger partial charge in [0.1, 0.15) is 29.6 Å². The second-order valence-corrected chi connectivity index (χ2v) is 8.62. The second-order valence-electron chi connectivity index (χ2n) is 8.62. The summed E-state index contributed by atoms with van der Waals surface area (Å²) in [5, 5.41) is 8.82. The summed E-state index contributed by atoms with van der Waals surface area (Å²) in [6.45, 7) is 1.56. The van der Waals surface area contributed by atoms with Crippen LogP contribution in [0.15, 0.2) is 84.9 Å². The van der Waals surface area contributed by atoms with E-state index in [2.05, 4.69) is 4.74 Å². The molecule has 0 saturated carbocycles. The van der Waals surface area contributed by atoms with E-state index in [-0.39, 0.29) is 12.4 Å². The number of rotatable bonds is 10. The van der Waals surface area contributed by atoms with Crippen LogP contribution in [0.5, 0.6) is 23.0 Å². The summed E-state index contributed by atoms with van der Waals surface area (Å²) in [6, 6.07) is 24.1. The van der Waals surface area contributed by atoms with Crippen LogP contribution in [0.3, 0.4) is 0 Å². The summed E-state index contributed by atoms with van der Waals surface area (Å²) in [6.07, 6.45) is -4.76. The highest BCUT2D eigenvalue weighted by atomic mass is 19.4. The molecule has 4 rings (SSSR count). The SMILES string of the molecule is COc1ccc(-c2cc(COc3ccc(OCC(=O)O)c(C)c3)cc(-c3ccc(OC(F)(F)F)cc3)c2)cc1. The lowest BCUT2D eigenvalue weighted by molar-refractivity contribution is -0.274. The first-order valence-electron chi connectivity index (χ1n) is 11.8. The Bertz CT molecular complexity index is 1430. The lowest BCUT2D eigenvalue weighted by Crippen LogP contribution is -2.16. The molecule has 0 spiro atoms. The normalized spacial score (nSPS) is 11.1. The third kappa shape index (κ3) is 7.67. The highest BCUT2D eigenvalue weighted by Crippen LogP contribution is 2.32. The van der Waals surface area contributed by atoms with Crippen LogP contribution in [0.1, 0.15) is 11.1 Å². The van der Waals surface area contributed by atoms with E-state index < -0.39 is 18.9 Å². The molecule has 9 heteroatoms. The number of carbonyl (C=O) groups is 1. The fourth-order valence-electron chi connectivity index (χ4n) is 3.92. The molecule has 1 N–H and O–H groups in total. The molecule has 0 heterocycles. The summed E-state index contributed by atoms with van der Waals surface area (Å²) in [7, 11) is 1.59. The van der Waals surface area contributed by atoms with Crippen molar-refractivity contribution in [3.05, 3.63) is 96.1 Å². The molecule has 39 heavy (non-hydrogen) atoms. The van der Waals surface area contributed by atoms with Crippen molar-refractivity contribution >= 4 is 5.97 Å². The Morgan fingerprint density at radius 3 is 1.82 bits per heavy atom. The monoisotopic (exact) mass is 538 g/mol. The van der Waals surface area contributed by atoms with E-state index in [1.807, 2.05) is 42.5 Å². The number of hydrogen-bond donors (Lipinski definition) is 1. The maximum absolute atomic E-state index is 12.6. The first-order chi connectivity index (χ1) is 18.6. The molecule has 0 fully saturated rings. The molecule has 0 amide bonds. The molecule has 4 aromatic carbocycles. The van der Waals surface area contributed by atoms with E-state index in [0.717, 1.165) is 27.8 Å². The van der Waals surface area contributed by atoms with Gasteiger partial charge >= 0.3 is 12.3 Å². The van der Waals surface area contributed by atoms with Crippen LogP contribution in [-0.4, -0.2) is 31.2 Å². The van der Waals surface area contributed by atoms with Gasteiger partial charge in [-0.3, -0.25) is 0 Å². The van der Waals surface area contributed by atoms with Gasteiger partial charge in [0.15, 0.2) is 6.61 Å². The predicted molar refractivity (Wildman–Crippen MR) is 139 cm³/mol. The molecular formula is C30H25F3O6. The number of benzene rings is 4. The van der Waals surface area contributed by atoms with Crippen LogP contribution in [0.4, 0.5) is 13.2 Å². The first-order valence-corrected chi connectivity index (χ1v) is 11.8. The number of hydrogen-bond acceptors (Lipinski definition) is 5. The number of carboxylic acid groups (broad SMARTS) is 1. The largest absolute Gasteiger partial charge is 0.573 e. The smallest absolute Gasteiger partial charge is 0.497 e. The Hall–Kier alpha value is -4.66. The minimum absolute atomic E-state index is 0.209. The predicted octanol–water partition coefficient (Wildman–Crippen LogP) is 7.28. The van der Waals surface area contributed by atoms with Gasteiger partial charge in [0.05, 0.1) is 7.11 Å². The van der Waals surface area contributed by atoms with Crippen molar-refractivity contribution < 1.29 is 42.0 Å². The van der Waals surface area contributed by atoms with Gasteiger partial charge in [-0.2, -0.15) is 0 Å². The van der Waals surface area contributed by atoms with Crippen molar-refractivity contribution in [3.8, 4) is 45.3 Å². The van der Waals surface area contributed by atoms with E-state index in [4.69, 9.17) is 19.3 Å².